The van der Waals surface area contributed by atoms with Crippen molar-refractivity contribution in [2.24, 2.45) is 5.92 Å². The molecule has 0 spiro atoms. The number of hydrogen-bond donors (Lipinski definition) is 1. The molecule has 7 heteroatoms. The number of benzene rings is 1. The Morgan fingerprint density at radius 3 is 2.48 bits per heavy atom. The minimum atomic E-state index is -3.40. The van der Waals surface area contributed by atoms with Gasteiger partial charge in [0, 0.05) is 13.1 Å². The molecule has 1 heterocycles. The van der Waals surface area contributed by atoms with Gasteiger partial charge >= 0.3 is 0 Å². The number of nitrogens with one attached hydrogen (secondary N) is 1. The second-order valence-electron chi connectivity index (χ2n) is 6.44. The Morgan fingerprint density at radius 2 is 1.88 bits per heavy atom. The summed E-state index contributed by atoms with van der Waals surface area (Å²) in [5, 5.41) is 3.16. The summed E-state index contributed by atoms with van der Waals surface area (Å²) in [6, 6.07) is 6.61. The summed E-state index contributed by atoms with van der Waals surface area (Å²) in [5.41, 5.74) is 0.319. The predicted molar refractivity (Wildman–Crippen MR) is 103 cm³/mol. The highest BCUT2D eigenvalue weighted by Gasteiger charge is 2.27. The minimum absolute atomic E-state index is 0. The van der Waals surface area contributed by atoms with Crippen molar-refractivity contribution in [1.82, 2.24) is 10.2 Å². The van der Waals surface area contributed by atoms with E-state index in [1.165, 1.54) is 0 Å². The molecule has 1 saturated heterocycles. The topological polar surface area (TPSA) is 66.5 Å². The zero-order valence-electron chi connectivity index (χ0n) is 15.0. The van der Waals surface area contributed by atoms with Crippen LogP contribution < -0.4 is 5.32 Å². The Labute approximate surface area is 157 Å². The highest BCUT2D eigenvalue weighted by molar-refractivity contribution is 7.91. The van der Waals surface area contributed by atoms with E-state index in [9.17, 15) is 13.2 Å². The van der Waals surface area contributed by atoms with Crippen LogP contribution in [0.5, 0.6) is 0 Å². The second-order valence-corrected chi connectivity index (χ2v) is 8.52. The van der Waals surface area contributed by atoms with Crippen LogP contribution in [0.1, 0.15) is 43.0 Å². The van der Waals surface area contributed by atoms with Crippen LogP contribution in [0.2, 0.25) is 0 Å². The Balaban J connectivity index is 0.00000312. The number of hydrogen-bond acceptors (Lipinski definition) is 4. The Bertz CT molecular complexity index is 656. The third kappa shape index (κ3) is 5.69. The number of rotatable bonds is 7. The first-order chi connectivity index (χ1) is 11.5. The quantitative estimate of drug-likeness (QED) is 0.779. The number of halogens is 1. The predicted octanol–water partition coefficient (Wildman–Crippen LogP) is 2.75. The first-order valence-electron chi connectivity index (χ1n) is 8.75. The van der Waals surface area contributed by atoms with Crippen molar-refractivity contribution in [3.8, 4) is 0 Å². The van der Waals surface area contributed by atoms with Gasteiger partial charge in [0.15, 0.2) is 9.84 Å². The molecule has 0 radical (unpaired) electrons. The molecule has 0 unspecified atom stereocenters. The van der Waals surface area contributed by atoms with Gasteiger partial charge in [-0.25, -0.2) is 8.42 Å². The molecule has 1 aliphatic rings. The molecule has 1 aromatic carbocycles. The van der Waals surface area contributed by atoms with Gasteiger partial charge in [0.1, 0.15) is 0 Å². The van der Waals surface area contributed by atoms with Crippen LogP contribution in [-0.4, -0.2) is 51.7 Å². The van der Waals surface area contributed by atoms with Gasteiger partial charge in [-0.05, 0) is 57.3 Å². The second kappa shape index (κ2) is 10.1. The van der Waals surface area contributed by atoms with E-state index in [2.05, 4.69) is 5.32 Å². The van der Waals surface area contributed by atoms with Crippen LogP contribution >= 0.6 is 12.4 Å². The van der Waals surface area contributed by atoms with Gasteiger partial charge in [0.2, 0.25) is 0 Å². The molecule has 1 aliphatic heterocycles. The molecule has 25 heavy (non-hydrogen) atoms. The lowest BCUT2D eigenvalue weighted by Crippen LogP contribution is -2.39. The van der Waals surface area contributed by atoms with Crippen molar-refractivity contribution in [3.05, 3.63) is 29.8 Å². The van der Waals surface area contributed by atoms with E-state index in [0.717, 1.165) is 25.8 Å². The molecule has 0 aromatic heterocycles. The first kappa shape index (κ1) is 21.9. The Morgan fingerprint density at radius 1 is 1.24 bits per heavy atom. The Hall–Kier alpha value is -1.11. The molecule has 0 bridgehead atoms. The van der Waals surface area contributed by atoms with E-state index in [1.807, 2.05) is 14.0 Å². The standard InChI is InChI=1S/C18H28N2O3S.ClH/c1-3-14-24(22,23)17-7-5-4-6-16(17)18(21)20-12-9-15(10-13-20)8-11-19-2;/h4-7,15,19H,3,8-14H2,1-2H3;1H. The van der Waals surface area contributed by atoms with E-state index < -0.39 is 9.84 Å². The van der Waals surface area contributed by atoms with Crippen LogP contribution in [0, 0.1) is 5.92 Å². The molecule has 0 saturated carbocycles. The molecule has 1 amide bonds. The lowest BCUT2D eigenvalue weighted by atomic mass is 9.93. The minimum Gasteiger partial charge on any atom is -0.339 e. The van der Waals surface area contributed by atoms with Crippen LogP contribution in [0.15, 0.2) is 29.2 Å². The molecular formula is C18H29ClN2O3S. The summed E-state index contributed by atoms with van der Waals surface area (Å²) >= 11 is 0. The van der Waals surface area contributed by atoms with Crippen LogP contribution in [-0.2, 0) is 9.84 Å². The maximum absolute atomic E-state index is 12.8. The van der Waals surface area contributed by atoms with Crippen LogP contribution in [0.25, 0.3) is 0 Å². The smallest absolute Gasteiger partial charge is 0.255 e. The molecule has 5 nitrogen and oxygen atoms in total. The summed E-state index contributed by atoms with van der Waals surface area (Å²) in [7, 11) is -1.45. The molecule has 0 aliphatic carbocycles. The monoisotopic (exact) mass is 388 g/mol. The largest absolute Gasteiger partial charge is 0.339 e. The summed E-state index contributed by atoms with van der Waals surface area (Å²) < 4.78 is 24.9. The number of amides is 1. The summed E-state index contributed by atoms with van der Waals surface area (Å²) in [6.07, 6.45) is 3.64. The van der Waals surface area contributed by atoms with Crippen molar-refractivity contribution in [1.29, 1.82) is 0 Å². The van der Waals surface area contributed by atoms with E-state index in [1.54, 1.807) is 29.2 Å². The zero-order valence-corrected chi connectivity index (χ0v) is 16.7. The number of piperidine rings is 1. The van der Waals surface area contributed by atoms with Gasteiger partial charge in [-0.3, -0.25) is 4.79 Å². The van der Waals surface area contributed by atoms with E-state index in [-0.39, 0.29) is 29.0 Å². The fourth-order valence-electron chi connectivity index (χ4n) is 3.24. The molecule has 1 aromatic rings. The molecule has 142 valence electrons. The fraction of sp³-hybridized carbons (Fsp3) is 0.611. The van der Waals surface area contributed by atoms with Gasteiger partial charge < -0.3 is 10.2 Å². The fourth-order valence-corrected chi connectivity index (χ4v) is 4.77. The van der Waals surface area contributed by atoms with Crippen LogP contribution in [0.4, 0.5) is 0 Å². The van der Waals surface area contributed by atoms with Gasteiger partial charge in [-0.15, -0.1) is 12.4 Å². The molecule has 1 fully saturated rings. The van der Waals surface area contributed by atoms with Gasteiger partial charge in [0.25, 0.3) is 5.91 Å². The zero-order chi connectivity index (χ0) is 17.6. The average molecular weight is 389 g/mol. The summed E-state index contributed by atoms with van der Waals surface area (Å²) in [6.45, 7) is 4.24. The number of sulfone groups is 1. The van der Waals surface area contributed by atoms with E-state index in [0.29, 0.717) is 31.0 Å². The lowest BCUT2D eigenvalue weighted by molar-refractivity contribution is 0.0683. The third-order valence-corrected chi connectivity index (χ3v) is 6.60. The maximum Gasteiger partial charge on any atom is 0.255 e. The molecule has 0 atom stereocenters. The number of carbonyl (C=O) groups excluding carboxylic acids is 1. The maximum atomic E-state index is 12.8. The number of likely N-dealkylation sites (tertiary alicyclic amines) is 1. The van der Waals surface area contributed by atoms with Gasteiger partial charge in [-0.2, -0.15) is 0 Å². The van der Waals surface area contributed by atoms with E-state index in [4.69, 9.17) is 0 Å². The normalized spacial score (nSPS) is 15.7. The van der Waals surface area contributed by atoms with Crippen molar-refractivity contribution >= 4 is 28.2 Å². The number of carbonyl (C=O) groups is 1. The molecular weight excluding hydrogens is 360 g/mol. The Kier molecular flexibility index (Phi) is 8.89. The van der Waals surface area contributed by atoms with Gasteiger partial charge in [-0.1, -0.05) is 19.1 Å². The summed E-state index contributed by atoms with van der Waals surface area (Å²) in [5.74, 6) is 0.557. The third-order valence-electron chi connectivity index (χ3n) is 4.63. The van der Waals surface area contributed by atoms with Crippen molar-refractivity contribution in [2.45, 2.75) is 37.5 Å². The SMILES string of the molecule is CCCS(=O)(=O)c1ccccc1C(=O)N1CCC(CCNC)CC1.Cl. The van der Waals surface area contributed by atoms with Crippen LogP contribution in [0.3, 0.4) is 0 Å². The summed E-state index contributed by atoms with van der Waals surface area (Å²) in [4.78, 5) is 14.8. The van der Waals surface area contributed by atoms with E-state index >= 15 is 0 Å². The molecule has 1 N–H and O–H groups in total. The molecule has 2 rings (SSSR count). The highest BCUT2D eigenvalue weighted by Crippen LogP contribution is 2.24. The lowest BCUT2D eigenvalue weighted by Gasteiger charge is -2.32. The van der Waals surface area contributed by atoms with Gasteiger partial charge in [0.05, 0.1) is 16.2 Å². The average Bonchev–Trinajstić information content (AvgIpc) is 2.60. The van der Waals surface area contributed by atoms with Crippen molar-refractivity contribution in [3.63, 3.8) is 0 Å². The van der Waals surface area contributed by atoms with Crippen molar-refractivity contribution < 1.29 is 13.2 Å². The highest BCUT2D eigenvalue weighted by atomic mass is 35.5. The number of nitrogens with zero attached hydrogens (tertiary/aromatic N) is 1. The van der Waals surface area contributed by atoms with Crippen molar-refractivity contribution in [2.75, 3.05) is 32.4 Å². The first-order valence-corrected chi connectivity index (χ1v) is 10.4.